The highest BCUT2D eigenvalue weighted by atomic mass is 16.6. The molecule has 1 atom stereocenters. The van der Waals surface area contributed by atoms with E-state index in [1.54, 1.807) is 18.2 Å². The third-order valence-electron chi connectivity index (χ3n) is 3.70. The molecule has 8 heteroatoms. The van der Waals surface area contributed by atoms with Crippen LogP contribution in [0.5, 0.6) is 0 Å². The summed E-state index contributed by atoms with van der Waals surface area (Å²) < 4.78 is 0. The monoisotopic (exact) mass is 332 g/mol. The molecule has 0 aliphatic carbocycles. The second-order valence-electron chi connectivity index (χ2n) is 5.78. The van der Waals surface area contributed by atoms with Crippen LogP contribution in [0.15, 0.2) is 36.0 Å². The smallest absolute Gasteiger partial charge is 0.274 e. The van der Waals surface area contributed by atoms with Crippen LogP contribution in [0.4, 0.5) is 5.69 Å². The molecule has 1 saturated heterocycles. The first-order valence-electron chi connectivity index (χ1n) is 7.56. The fourth-order valence-corrected chi connectivity index (χ4v) is 2.45. The van der Waals surface area contributed by atoms with E-state index in [1.807, 2.05) is 19.0 Å². The summed E-state index contributed by atoms with van der Waals surface area (Å²) in [6.45, 7) is 1.36. The number of piperidine rings is 1. The van der Waals surface area contributed by atoms with Crippen LogP contribution < -0.4 is 10.6 Å². The highest BCUT2D eigenvalue weighted by Crippen LogP contribution is 2.30. The number of carbonyl (C=O) groups is 2. The molecule has 0 radical (unpaired) electrons. The van der Waals surface area contributed by atoms with Crippen molar-refractivity contribution < 1.29 is 14.5 Å². The molecule has 1 fully saturated rings. The maximum Gasteiger partial charge on any atom is 0.274 e. The van der Waals surface area contributed by atoms with Crippen LogP contribution in [0.25, 0.3) is 0 Å². The van der Waals surface area contributed by atoms with Crippen molar-refractivity contribution in [2.24, 2.45) is 0 Å². The zero-order chi connectivity index (χ0) is 17.7. The predicted octanol–water partition coefficient (Wildman–Crippen LogP) is 0.760. The third kappa shape index (κ3) is 4.17. The number of ketones is 1. The molecule has 1 amide bonds. The lowest BCUT2D eigenvalue weighted by atomic mass is 9.92. The molecule has 1 heterocycles. The van der Waals surface area contributed by atoms with E-state index < -0.39 is 16.9 Å². The first-order valence-corrected chi connectivity index (χ1v) is 7.56. The lowest BCUT2D eigenvalue weighted by Gasteiger charge is -2.24. The standard InChI is InChI=1S/C16H20N4O4/c1-19(2)8-7-17-10-12-15(21)9-13(18-16(12)22)11-5-3-4-6-14(11)20(23)24/h3-6,10,13,17H,7-9H2,1-2H3,(H,18,22)/b12-10-. The molecule has 1 aliphatic rings. The number of nitro benzene ring substituents is 1. The van der Waals surface area contributed by atoms with Crippen molar-refractivity contribution in [2.75, 3.05) is 27.2 Å². The van der Waals surface area contributed by atoms with Crippen molar-refractivity contribution in [1.82, 2.24) is 15.5 Å². The highest BCUT2D eigenvalue weighted by Gasteiger charge is 2.33. The summed E-state index contributed by atoms with van der Waals surface area (Å²) in [4.78, 5) is 37.0. The van der Waals surface area contributed by atoms with E-state index in [4.69, 9.17) is 0 Å². The van der Waals surface area contributed by atoms with Gasteiger partial charge in [0, 0.05) is 31.8 Å². The molecule has 0 aromatic heterocycles. The molecule has 2 rings (SSSR count). The summed E-state index contributed by atoms with van der Waals surface area (Å²) in [7, 11) is 3.84. The number of hydrogen-bond acceptors (Lipinski definition) is 6. The number of nitrogens with one attached hydrogen (secondary N) is 2. The maximum absolute atomic E-state index is 12.2. The molecule has 2 N–H and O–H groups in total. The van der Waals surface area contributed by atoms with E-state index in [1.165, 1.54) is 12.3 Å². The van der Waals surface area contributed by atoms with Crippen LogP contribution in [-0.4, -0.2) is 48.7 Å². The Hall–Kier alpha value is -2.74. The molecular weight excluding hydrogens is 312 g/mol. The van der Waals surface area contributed by atoms with Gasteiger partial charge in [0.05, 0.1) is 22.1 Å². The van der Waals surface area contributed by atoms with E-state index in [0.717, 1.165) is 6.54 Å². The summed E-state index contributed by atoms with van der Waals surface area (Å²) in [6.07, 6.45) is 1.41. The van der Waals surface area contributed by atoms with E-state index in [2.05, 4.69) is 10.6 Å². The Morgan fingerprint density at radius 1 is 1.38 bits per heavy atom. The Labute approximate surface area is 139 Å². The Morgan fingerprint density at radius 2 is 2.08 bits per heavy atom. The second kappa shape index (κ2) is 7.69. The zero-order valence-electron chi connectivity index (χ0n) is 13.6. The minimum absolute atomic E-state index is 0.00220. The van der Waals surface area contributed by atoms with E-state index in [0.29, 0.717) is 12.1 Å². The van der Waals surface area contributed by atoms with Crippen LogP contribution in [0.2, 0.25) is 0 Å². The topological polar surface area (TPSA) is 105 Å². The van der Waals surface area contributed by atoms with Crippen molar-refractivity contribution in [3.8, 4) is 0 Å². The van der Waals surface area contributed by atoms with Crippen LogP contribution in [0.1, 0.15) is 18.0 Å². The van der Waals surface area contributed by atoms with Gasteiger partial charge in [-0.3, -0.25) is 19.7 Å². The number of Topliss-reactive ketones (excluding diaryl/α,β-unsaturated/α-hetero) is 1. The summed E-state index contributed by atoms with van der Waals surface area (Å²) in [6, 6.07) is 5.42. The number of amides is 1. The van der Waals surface area contributed by atoms with Crippen molar-refractivity contribution in [3.05, 3.63) is 51.7 Å². The van der Waals surface area contributed by atoms with Crippen LogP contribution in [0.3, 0.4) is 0 Å². The molecule has 1 aromatic rings. The number of nitro groups is 1. The van der Waals surface area contributed by atoms with Gasteiger partial charge in [-0.15, -0.1) is 0 Å². The molecule has 1 unspecified atom stereocenters. The Morgan fingerprint density at radius 3 is 2.71 bits per heavy atom. The predicted molar refractivity (Wildman–Crippen MR) is 88.2 cm³/mol. The Bertz CT molecular complexity index is 664. The highest BCUT2D eigenvalue weighted by molar-refractivity contribution is 6.21. The van der Waals surface area contributed by atoms with Gasteiger partial charge in [0.25, 0.3) is 11.6 Å². The van der Waals surface area contributed by atoms with Gasteiger partial charge in [0.1, 0.15) is 0 Å². The van der Waals surface area contributed by atoms with Gasteiger partial charge in [0.2, 0.25) is 0 Å². The molecule has 1 aliphatic heterocycles. The number of benzene rings is 1. The summed E-state index contributed by atoms with van der Waals surface area (Å²) in [5, 5.41) is 16.7. The van der Waals surface area contributed by atoms with Gasteiger partial charge in [-0.05, 0) is 14.1 Å². The average Bonchev–Trinajstić information content (AvgIpc) is 2.53. The third-order valence-corrected chi connectivity index (χ3v) is 3.70. The SMILES string of the molecule is CN(C)CCN/C=C1/C(=O)CC(c2ccccc2[N+](=O)[O-])NC1=O. The average molecular weight is 332 g/mol. The van der Waals surface area contributed by atoms with Gasteiger partial charge in [-0.2, -0.15) is 0 Å². The number of nitrogens with zero attached hydrogens (tertiary/aromatic N) is 2. The molecular formula is C16H20N4O4. The fraction of sp³-hybridized carbons (Fsp3) is 0.375. The van der Waals surface area contributed by atoms with Crippen molar-refractivity contribution >= 4 is 17.4 Å². The van der Waals surface area contributed by atoms with Gasteiger partial charge in [0.15, 0.2) is 5.78 Å². The number of hydrogen-bond donors (Lipinski definition) is 2. The van der Waals surface area contributed by atoms with Gasteiger partial charge in [-0.25, -0.2) is 0 Å². The zero-order valence-corrected chi connectivity index (χ0v) is 13.6. The van der Waals surface area contributed by atoms with Crippen LogP contribution in [0, 0.1) is 10.1 Å². The van der Waals surface area contributed by atoms with Gasteiger partial charge >= 0.3 is 0 Å². The number of carbonyl (C=O) groups excluding carboxylic acids is 2. The summed E-state index contributed by atoms with van der Waals surface area (Å²) in [5.41, 5.74) is 0.277. The molecule has 24 heavy (non-hydrogen) atoms. The van der Waals surface area contributed by atoms with E-state index in [9.17, 15) is 19.7 Å². The normalized spacial score (nSPS) is 19.5. The van der Waals surface area contributed by atoms with Crippen molar-refractivity contribution in [2.45, 2.75) is 12.5 Å². The van der Waals surface area contributed by atoms with Crippen LogP contribution >= 0.6 is 0 Å². The molecule has 0 bridgehead atoms. The quantitative estimate of drug-likeness (QED) is 0.262. The number of para-hydroxylation sites is 1. The largest absolute Gasteiger partial charge is 0.389 e. The fourth-order valence-electron chi connectivity index (χ4n) is 2.45. The lowest BCUT2D eigenvalue weighted by Crippen LogP contribution is -2.40. The number of rotatable bonds is 6. The molecule has 0 spiro atoms. The Balaban J connectivity index is 2.11. The number of likely N-dealkylation sites (N-methyl/N-ethyl adjacent to an activating group) is 1. The molecule has 8 nitrogen and oxygen atoms in total. The Kier molecular flexibility index (Phi) is 5.64. The van der Waals surface area contributed by atoms with Gasteiger partial charge in [-0.1, -0.05) is 18.2 Å². The maximum atomic E-state index is 12.2. The summed E-state index contributed by atoms with van der Waals surface area (Å²) in [5.74, 6) is -0.856. The van der Waals surface area contributed by atoms with Crippen LogP contribution in [-0.2, 0) is 9.59 Å². The van der Waals surface area contributed by atoms with Crippen molar-refractivity contribution in [3.63, 3.8) is 0 Å². The molecule has 0 saturated carbocycles. The lowest BCUT2D eigenvalue weighted by molar-refractivity contribution is -0.385. The van der Waals surface area contributed by atoms with E-state index in [-0.39, 0.29) is 23.5 Å². The first kappa shape index (κ1) is 17.6. The molecule has 1 aromatic carbocycles. The van der Waals surface area contributed by atoms with Gasteiger partial charge < -0.3 is 15.5 Å². The minimum Gasteiger partial charge on any atom is -0.389 e. The van der Waals surface area contributed by atoms with Crippen molar-refractivity contribution in [1.29, 1.82) is 0 Å². The second-order valence-corrected chi connectivity index (χ2v) is 5.78. The van der Waals surface area contributed by atoms with E-state index >= 15 is 0 Å². The minimum atomic E-state index is -0.689. The summed E-state index contributed by atoms with van der Waals surface area (Å²) >= 11 is 0. The molecule has 128 valence electrons. The first-order chi connectivity index (χ1) is 11.4.